The molecular weight excluding hydrogens is 192 g/mol. The van der Waals surface area contributed by atoms with Gasteiger partial charge in [0.15, 0.2) is 0 Å². The first-order valence-corrected chi connectivity index (χ1v) is 5.07. The molecule has 0 saturated heterocycles. The molecule has 1 aromatic rings. The first kappa shape index (κ1) is 11.7. The monoisotopic (exact) mass is 210 g/mol. The molecule has 1 unspecified atom stereocenters. The van der Waals surface area contributed by atoms with Gasteiger partial charge in [-0.3, -0.25) is 0 Å². The summed E-state index contributed by atoms with van der Waals surface area (Å²) in [4.78, 5) is 8.27. The summed E-state index contributed by atoms with van der Waals surface area (Å²) in [6.45, 7) is 6.05. The van der Waals surface area contributed by atoms with E-state index in [0.29, 0.717) is 30.4 Å². The minimum Gasteiger partial charge on any atom is -0.391 e. The summed E-state index contributed by atoms with van der Waals surface area (Å²) in [7, 11) is 0. The van der Waals surface area contributed by atoms with Crippen molar-refractivity contribution in [1.29, 1.82) is 0 Å². The number of hydrogen-bond acceptors (Lipinski definition) is 5. The summed E-state index contributed by atoms with van der Waals surface area (Å²) in [5, 5.41) is 12.5. The molecule has 1 atom stereocenters. The van der Waals surface area contributed by atoms with Crippen LogP contribution in [0.1, 0.15) is 24.7 Å². The molecular formula is C10H18N4O. The van der Waals surface area contributed by atoms with Gasteiger partial charge in [-0.05, 0) is 20.3 Å². The Bertz CT molecular complexity index is 340. The molecule has 0 radical (unpaired) electrons. The van der Waals surface area contributed by atoms with E-state index in [9.17, 15) is 5.11 Å². The van der Waals surface area contributed by atoms with Gasteiger partial charge in [-0.1, -0.05) is 6.92 Å². The number of aliphatic hydroxyl groups excluding tert-OH is 1. The van der Waals surface area contributed by atoms with E-state index in [2.05, 4.69) is 15.3 Å². The topological polar surface area (TPSA) is 84.1 Å². The van der Waals surface area contributed by atoms with Crippen LogP contribution < -0.4 is 11.1 Å². The highest BCUT2D eigenvalue weighted by molar-refractivity contribution is 5.54. The molecule has 0 aliphatic heterocycles. The maximum absolute atomic E-state index is 9.41. The molecule has 0 aliphatic rings. The molecule has 1 aromatic heterocycles. The van der Waals surface area contributed by atoms with Gasteiger partial charge < -0.3 is 16.2 Å². The zero-order valence-corrected chi connectivity index (χ0v) is 9.41. The quantitative estimate of drug-likeness (QED) is 0.686. The lowest BCUT2D eigenvalue weighted by atomic mass is 10.2. The Balaban J connectivity index is 2.76. The van der Waals surface area contributed by atoms with Crippen LogP contribution in [0.3, 0.4) is 0 Å². The Morgan fingerprint density at radius 1 is 1.40 bits per heavy atom. The van der Waals surface area contributed by atoms with Gasteiger partial charge in [0.1, 0.15) is 17.5 Å². The maximum atomic E-state index is 9.41. The number of rotatable bonds is 4. The number of nitrogen functional groups attached to an aromatic ring is 1. The zero-order chi connectivity index (χ0) is 11.4. The summed E-state index contributed by atoms with van der Waals surface area (Å²) in [5.41, 5.74) is 6.53. The standard InChI is InChI=1S/C10H18N4O/c1-4-8(15)5-12-10-6(2)9(11)13-7(3)14-10/h8,15H,4-5H2,1-3H3,(H3,11,12,13,14). The van der Waals surface area contributed by atoms with Crippen LogP contribution >= 0.6 is 0 Å². The van der Waals surface area contributed by atoms with E-state index in [1.807, 2.05) is 13.8 Å². The van der Waals surface area contributed by atoms with E-state index >= 15 is 0 Å². The van der Waals surface area contributed by atoms with E-state index in [0.717, 1.165) is 5.56 Å². The molecule has 0 fully saturated rings. The predicted molar refractivity (Wildman–Crippen MR) is 60.7 cm³/mol. The van der Waals surface area contributed by atoms with Crippen LogP contribution in [-0.2, 0) is 0 Å². The van der Waals surface area contributed by atoms with E-state index in [1.165, 1.54) is 0 Å². The molecule has 5 nitrogen and oxygen atoms in total. The van der Waals surface area contributed by atoms with Gasteiger partial charge in [0.25, 0.3) is 0 Å². The van der Waals surface area contributed by atoms with Crippen molar-refractivity contribution in [3.05, 3.63) is 11.4 Å². The Kier molecular flexibility index (Phi) is 3.85. The Morgan fingerprint density at radius 2 is 2.07 bits per heavy atom. The SMILES string of the molecule is CCC(O)CNc1nc(C)nc(N)c1C. The van der Waals surface area contributed by atoms with Gasteiger partial charge in [0.2, 0.25) is 0 Å². The third-order valence-corrected chi connectivity index (χ3v) is 2.27. The molecule has 0 bridgehead atoms. The fourth-order valence-electron chi connectivity index (χ4n) is 1.18. The summed E-state index contributed by atoms with van der Waals surface area (Å²) in [6.07, 6.45) is 0.354. The lowest BCUT2D eigenvalue weighted by molar-refractivity contribution is 0.183. The molecule has 15 heavy (non-hydrogen) atoms. The van der Waals surface area contributed by atoms with Crippen molar-refractivity contribution in [2.75, 3.05) is 17.6 Å². The van der Waals surface area contributed by atoms with Gasteiger partial charge in [0.05, 0.1) is 6.10 Å². The highest BCUT2D eigenvalue weighted by Gasteiger charge is 2.07. The van der Waals surface area contributed by atoms with Crippen molar-refractivity contribution >= 4 is 11.6 Å². The fourth-order valence-corrected chi connectivity index (χ4v) is 1.18. The third kappa shape index (κ3) is 3.06. The van der Waals surface area contributed by atoms with Gasteiger partial charge in [-0.2, -0.15) is 0 Å². The molecule has 4 N–H and O–H groups in total. The van der Waals surface area contributed by atoms with Crippen LogP contribution in [0.4, 0.5) is 11.6 Å². The summed E-state index contributed by atoms with van der Waals surface area (Å²) < 4.78 is 0. The smallest absolute Gasteiger partial charge is 0.134 e. The largest absolute Gasteiger partial charge is 0.391 e. The highest BCUT2D eigenvalue weighted by atomic mass is 16.3. The third-order valence-electron chi connectivity index (χ3n) is 2.27. The van der Waals surface area contributed by atoms with E-state index < -0.39 is 0 Å². The number of hydrogen-bond donors (Lipinski definition) is 3. The molecule has 1 heterocycles. The average molecular weight is 210 g/mol. The van der Waals surface area contributed by atoms with Crippen molar-refractivity contribution in [2.24, 2.45) is 0 Å². The Morgan fingerprint density at radius 3 is 2.67 bits per heavy atom. The minimum atomic E-state index is -0.360. The van der Waals surface area contributed by atoms with E-state index in [1.54, 1.807) is 6.92 Å². The number of nitrogens with one attached hydrogen (secondary N) is 1. The highest BCUT2D eigenvalue weighted by Crippen LogP contribution is 2.16. The van der Waals surface area contributed by atoms with Crippen LogP contribution in [-0.4, -0.2) is 27.7 Å². The number of anilines is 2. The zero-order valence-electron chi connectivity index (χ0n) is 9.41. The second-order valence-electron chi connectivity index (χ2n) is 3.57. The maximum Gasteiger partial charge on any atom is 0.134 e. The summed E-state index contributed by atoms with van der Waals surface area (Å²) in [6, 6.07) is 0. The Labute approximate surface area is 89.7 Å². The van der Waals surface area contributed by atoms with Crippen molar-refractivity contribution < 1.29 is 5.11 Å². The van der Waals surface area contributed by atoms with Crippen molar-refractivity contribution in [2.45, 2.75) is 33.3 Å². The molecule has 0 saturated carbocycles. The van der Waals surface area contributed by atoms with Crippen LogP contribution in [0, 0.1) is 13.8 Å². The molecule has 1 rings (SSSR count). The first-order chi connectivity index (χ1) is 7.04. The van der Waals surface area contributed by atoms with Crippen LogP contribution in [0.5, 0.6) is 0 Å². The summed E-state index contributed by atoms with van der Waals surface area (Å²) in [5.74, 6) is 1.81. The van der Waals surface area contributed by atoms with E-state index in [4.69, 9.17) is 5.73 Å². The molecule has 0 aromatic carbocycles. The average Bonchev–Trinajstić information content (AvgIpc) is 2.20. The van der Waals surface area contributed by atoms with Gasteiger partial charge >= 0.3 is 0 Å². The van der Waals surface area contributed by atoms with Crippen molar-refractivity contribution in [1.82, 2.24) is 9.97 Å². The number of nitrogens with two attached hydrogens (primary N) is 1. The number of nitrogens with zero attached hydrogens (tertiary/aromatic N) is 2. The van der Waals surface area contributed by atoms with E-state index in [-0.39, 0.29) is 6.10 Å². The first-order valence-electron chi connectivity index (χ1n) is 5.07. The molecule has 0 amide bonds. The fraction of sp³-hybridized carbons (Fsp3) is 0.600. The minimum absolute atomic E-state index is 0.360. The van der Waals surface area contributed by atoms with Gasteiger partial charge in [-0.15, -0.1) is 0 Å². The number of aromatic nitrogens is 2. The van der Waals surface area contributed by atoms with Crippen LogP contribution in [0.25, 0.3) is 0 Å². The summed E-state index contributed by atoms with van der Waals surface area (Å²) >= 11 is 0. The lowest BCUT2D eigenvalue weighted by Gasteiger charge is -2.13. The van der Waals surface area contributed by atoms with Crippen LogP contribution in [0.2, 0.25) is 0 Å². The van der Waals surface area contributed by atoms with Gasteiger partial charge in [0, 0.05) is 12.1 Å². The molecule has 0 aliphatic carbocycles. The van der Waals surface area contributed by atoms with Crippen LogP contribution in [0.15, 0.2) is 0 Å². The molecule has 84 valence electrons. The molecule has 5 heteroatoms. The molecule has 0 spiro atoms. The second-order valence-corrected chi connectivity index (χ2v) is 3.57. The van der Waals surface area contributed by atoms with Gasteiger partial charge in [-0.25, -0.2) is 9.97 Å². The van der Waals surface area contributed by atoms with Crippen molar-refractivity contribution in [3.8, 4) is 0 Å². The Hall–Kier alpha value is -1.36. The number of aryl methyl sites for hydroxylation is 1. The predicted octanol–water partition coefficient (Wildman–Crippen LogP) is 0.858. The normalized spacial score (nSPS) is 12.5. The van der Waals surface area contributed by atoms with Crippen molar-refractivity contribution in [3.63, 3.8) is 0 Å². The number of aliphatic hydroxyl groups is 1. The lowest BCUT2D eigenvalue weighted by Crippen LogP contribution is -2.20. The second kappa shape index (κ2) is 4.93.